The molecule has 2 amide bonds. The topological polar surface area (TPSA) is 222 Å². The van der Waals surface area contributed by atoms with Crippen LogP contribution in [0.25, 0.3) is 11.8 Å². The molecule has 1 fully saturated rings. The summed E-state index contributed by atoms with van der Waals surface area (Å²) < 4.78 is 67.2. The van der Waals surface area contributed by atoms with E-state index in [9.17, 15) is 45.4 Å². The summed E-state index contributed by atoms with van der Waals surface area (Å²) in [5.74, 6) is -2.19. The zero-order valence-electron chi connectivity index (χ0n) is 20.2. The van der Waals surface area contributed by atoms with Crippen LogP contribution in [0.4, 0.5) is 5.69 Å². The summed E-state index contributed by atoms with van der Waals surface area (Å²) in [5.41, 5.74) is 1.13. The van der Waals surface area contributed by atoms with Crippen LogP contribution < -0.4 is 75.1 Å². The number of allylic oxidation sites excluding steroid dienone is 2. The van der Waals surface area contributed by atoms with Crippen molar-refractivity contribution in [3.63, 3.8) is 0 Å². The predicted octanol–water partition coefficient (Wildman–Crippen LogP) is -6.29. The predicted molar refractivity (Wildman–Crippen MR) is 123 cm³/mol. The second-order valence-electron chi connectivity index (χ2n) is 7.43. The van der Waals surface area contributed by atoms with Gasteiger partial charge in [0.15, 0.2) is 0 Å². The number of carbonyl (C=O) groups is 2. The molecular formula is C21H14N4Na2O10S2. The molecule has 192 valence electrons. The molecule has 0 bridgehead atoms. The average molecular weight is 592 g/mol. The Morgan fingerprint density at radius 1 is 0.795 bits per heavy atom. The molecule has 18 heteroatoms. The maximum atomic E-state index is 12.6. The van der Waals surface area contributed by atoms with Crippen molar-refractivity contribution in [1.82, 2.24) is 15.2 Å². The zero-order chi connectivity index (χ0) is 27.1. The number of aromatic nitrogens is 2. The minimum absolute atomic E-state index is 0. The molecule has 2 aromatic carbocycles. The third-order valence-corrected chi connectivity index (χ3v) is 6.79. The van der Waals surface area contributed by atoms with Crippen molar-refractivity contribution in [2.75, 3.05) is 5.01 Å². The number of aromatic hydroxyl groups is 1. The maximum absolute atomic E-state index is 12.6. The van der Waals surface area contributed by atoms with Gasteiger partial charge in [-0.25, -0.2) is 26.5 Å². The van der Waals surface area contributed by atoms with E-state index < -0.39 is 53.3 Å². The SMILES string of the molecule is O=C1NN(c2ccc(S(=O)(=O)[O-])cc2)C(=O)C1=CC=Cc1c(O)n(-c2ccc(S(=O)(=O)[O-])cc2)[nH]c1=O.[Na+].[Na+]. The number of rotatable bonds is 6. The van der Waals surface area contributed by atoms with Gasteiger partial charge in [0.05, 0.1) is 21.2 Å². The number of anilines is 1. The van der Waals surface area contributed by atoms with E-state index in [2.05, 4.69) is 10.5 Å². The van der Waals surface area contributed by atoms with Gasteiger partial charge >= 0.3 is 59.1 Å². The Balaban J connectivity index is 0.00000267. The Bertz CT molecular complexity index is 1760. The van der Waals surface area contributed by atoms with Crippen molar-refractivity contribution in [3.8, 4) is 11.6 Å². The van der Waals surface area contributed by atoms with Crippen LogP contribution in [-0.4, -0.2) is 52.6 Å². The first-order valence-corrected chi connectivity index (χ1v) is 12.8. The standard InChI is InChI=1S/C21H16N4O10S2.2Na/c26-18-16(20(28)24(22-18)12-4-8-14(9-5-12)36(30,31)32)2-1-3-17-19(27)23-25(21(17)29)13-6-10-15(11-7-13)37(33,34)35;;/h1-11,28H,(H,22,26)(H,23,27)(H,30,31,32)(H,33,34,35);;/q;2*+1/p-2. The van der Waals surface area contributed by atoms with Crippen molar-refractivity contribution in [1.29, 1.82) is 0 Å². The fraction of sp³-hybridized carbons (Fsp3) is 0. The minimum atomic E-state index is -4.70. The quantitative estimate of drug-likeness (QED) is 0.106. The molecule has 0 aliphatic carbocycles. The number of nitrogens with one attached hydrogen (secondary N) is 2. The number of hydrazine groups is 1. The smallest absolute Gasteiger partial charge is 0.744 e. The van der Waals surface area contributed by atoms with Gasteiger partial charge in [0, 0.05) is 0 Å². The van der Waals surface area contributed by atoms with E-state index in [-0.39, 0.29) is 81.6 Å². The Hall–Kier alpha value is -2.51. The molecule has 0 radical (unpaired) electrons. The fourth-order valence-corrected chi connectivity index (χ4v) is 4.24. The molecule has 1 aliphatic rings. The van der Waals surface area contributed by atoms with Gasteiger partial charge in [-0.15, -0.1) is 0 Å². The van der Waals surface area contributed by atoms with E-state index in [1.165, 1.54) is 12.1 Å². The van der Waals surface area contributed by atoms with Crippen molar-refractivity contribution in [2.45, 2.75) is 9.79 Å². The minimum Gasteiger partial charge on any atom is -0.744 e. The van der Waals surface area contributed by atoms with Gasteiger partial charge in [0.2, 0.25) is 5.88 Å². The summed E-state index contributed by atoms with van der Waals surface area (Å²) in [4.78, 5) is 36.1. The van der Waals surface area contributed by atoms with Crippen LogP contribution in [0.1, 0.15) is 5.56 Å². The number of carbonyl (C=O) groups excluding carboxylic acids is 2. The Labute approximate surface area is 265 Å². The Kier molecular flexibility index (Phi) is 10.3. The summed E-state index contributed by atoms with van der Waals surface area (Å²) in [7, 11) is -9.38. The molecule has 1 aromatic heterocycles. The second kappa shape index (κ2) is 12.3. The number of nitrogens with zero attached hydrogens (tertiary/aromatic N) is 2. The van der Waals surface area contributed by atoms with Gasteiger partial charge in [-0.05, 0) is 60.7 Å². The van der Waals surface area contributed by atoms with Crippen LogP contribution in [0, 0.1) is 0 Å². The summed E-state index contributed by atoms with van der Waals surface area (Å²) >= 11 is 0. The number of amides is 2. The van der Waals surface area contributed by atoms with Crippen LogP contribution in [0.15, 0.2) is 80.8 Å². The van der Waals surface area contributed by atoms with E-state index >= 15 is 0 Å². The van der Waals surface area contributed by atoms with Crippen molar-refractivity contribution < 1.29 is 99.8 Å². The first-order valence-electron chi connectivity index (χ1n) is 9.97. The number of hydrogen-bond donors (Lipinski definition) is 3. The first kappa shape index (κ1) is 32.7. The summed E-state index contributed by atoms with van der Waals surface area (Å²) in [6.07, 6.45) is 3.36. The summed E-state index contributed by atoms with van der Waals surface area (Å²) in [6, 6.07) is 8.63. The zero-order valence-corrected chi connectivity index (χ0v) is 25.8. The largest absolute Gasteiger partial charge is 1.00 e. The van der Waals surface area contributed by atoms with Gasteiger partial charge in [-0.3, -0.25) is 24.9 Å². The Morgan fingerprint density at radius 3 is 1.77 bits per heavy atom. The average Bonchev–Trinajstić information content (AvgIpc) is 3.28. The summed E-state index contributed by atoms with van der Waals surface area (Å²) in [6.45, 7) is 0. The normalized spacial score (nSPS) is 14.8. The molecule has 0 spiro atoms. The van der Waals surface area contributed by atoms with Gasteiger partial charge < -0.3 is 14.2 Å². The summed E-state index contributed by atoms with van der Waals surface area (Å²) in [5, 5.41) is 13.6. The second-order valence-corrected chi connectivity index (χ2v) is 10.2. The Morgan fingerprint density at radius 2 is 1.28 bits per heavy atom. The molecular weight excluding hydrogens is 578 g/mol. The molecule has 2 heterocycles. The van der Waals surface area contributed by atoms with E-state index in [0.717, 1.165) is 64.3 Å². The third kappa shape index (κ3) is 6.98. The van der Waals surface area contributed by atoms with Crippen LogP contribution in [-0.2, 0) is 29.8 Å². The van der Waals surface area contributed by atoms with E-state index in [1.54, 1.807) is 0 Å². The molecule has 3 N–H and O–H groups in total. The first-order chi connectivity index (χ1) is 17.3. The van der Waals surface area contributed by atoms with Crippen LogP contribution in [0.2, 0.25) is 0 Å². The van der Waals surface area contributed by atoms with Crippen molar-refractivity contribution in [2.24, 2.45) is 0 Å². The van der Waals surface area contributed by atoms with E-state index in [0.29, 0.717) is 0 Å². The number of hydrogen-bond acceptors (Lipinski definition) is 10. The van der Waals surface area contributed by atoms with Crippen LogP contribution >= 0.6 is 0 Å². The van der Waals surface area contributed by atoms with Crippen LogP contribution in [0.3, 0.4) is 0 Å². The molecule has 3 aromatic rings. The van der Waals surface area contributed by atoms with E-state index in [4.69, 9.17) is 0 Å². The molecule has 0 saturated carbocycles. The van der Waals surface area contributed by atoms with Gasteiger partial charge in [-0.2, -0.15) is 0 Å². The monoisotopic (exact) mass is 592 g/mol. The van der Waals surface area contributed by atoms with Crippen molar-refractivity contribution >= 4 is 43.8 Å². The number of benzene rings is 2. The fourth-order valence-electron chi connectivity index (χ4n) is 3.30. The van der Waals surface area contributed by atoms with Gasteiger partial charge in [-0.1, -0.05) is 6.08 Å². The molecule has 14 nitrogen and oxygen atoms in total. The maximum Gasteiger partial charge on any atom is 1.00 e. The number of aromatic amines is 1. The molecule has 0 unspecified atom stereocenters. The van der Waals surface area contributed by atoms with Gasteiger partial charge in [0.1, 0.15) is 31.4 Å². The number of H-pyrrole nitrogens is 1. The van der Waals surface area contributed by atoms with E-state index in [1.807, 2.05) is 0 Å². The molecule has 4 rings (SSSR count). The van der Waals surface area contributed by atoms with Gasteiger partial charge in [0.25, 0.3) is 17.4 Å². The molecule has 1 aliphatic heterocycles. The van der Waals surface area contributed by atoms with Crippen LogP contribution in [0.5, 0.6) is 5.88 Å². The molecule has 1 saturated heterocycles. The third-order valence-electron chi connectivity index (χ3n) is 5.10. The molecule has 39 heavy (non-hydrogen) atoms. The molecule has 0 atom stereocenters. The van der Waals surface area contributed by atoms with Crippen molar-refractivity contribution in [3.05, 3.63) is 82.2 Å².